The van der Waals surface area contributed by atoms with Crippen LogP contribution in [0.5, 0.6) is 0 Å². The molecule has 27 heavy (non-hydrogen) atoms. The molecule has 1 aromatic rings. The van der Waals surface area contributed by atoms with Gasteiger partial charge in [0.25, 0.3) is 0 Å². The summed E-state index contributed by atoms with van der Waals surface area (Å²) >= 11 is 3.15. The maximum atomic E-state index is 11.8. The smallest absolute Gasteiger partial charge is 0.407 e. The summed E-state index contributed by atoms with van der Waals surface area (Å²) in [6, 6.07) is 8.67. The number of amides is 3. The van der Waals surface area contributed by atoms with Gasteiger partial charge in [-0.2, -0.15) is 0 Å². The molecule has 0 aliphatic heterocycles. The maximum absolute atomic E-state index is 11.8. The van der Waals surface area contributed by atoms with Crippen molar-refractivity contribution in [2.75, 3.05) is 6.54 Å². The molecule has 7 nitrogen and oxygen atoms in total. The quantitative estimate of drug-likeness (QED) is 0.434. The summed E-state index contributed by atoms with van der Waals surface area (Å²) in [6.07, 6.45) is 2.22. The number of benzene rings is 1. The van der Waals surface area contributed by atoms with Gasteiger partial charge in [-0.25, -0.2) is 4.79 Å². The Morgan fingerprint density at radius 2 is 1.85 bits per heavy atom. The Balaban J connectivity index is 2.08. The average molecular weight is 440 g/mol. The van der Waals surface area contributed by atoms with Gasteiger partial charge in [0.05, 0.1) is 0 Å². The van der Waals surface area contributed by atoms with Crippen molar-refractivity contribution in [2.24, 2.45) is 5.73 Å². The molecule has 0 unspecified atom stereocenters. The Hall–Kier alpha value is -2.35. The Labute approximate surface area is 167 Å². The lowest BCUT2D eigenvalue weighted by molar-refractivity contribution is -0.127. The van der Waals surface area contributed by atoms with E-state index in [-0.39, 0.29) is 25.4 Å². The van der Waals surface area contributed by atoms with Crippen LogP contribution in [0.15, 0.2) is 41.4 Å². The first-order chi connectivity index (χ1) is 12.9. The second-order valence-electron chi connectivity index (χ2n) is 6.04. The van der Waals surface area contributed by atoms with Gasteiger partial charge in [0.1, 0.15) is 12.6 Å². The van der Waals surface area contributed by atoms with Crippen LogP contribution in [0.1, 0.15) is 37.7 Å². The number of alkyl carbamates (subject to hydrolysis) is 1. The van der Waals surface area contributed by atoms with Crippen molar-refractivity contribution in [2.45, 2.75) is 44.8 Å². The zero-order valence-corrected chi connectivity index (χ0v) is 16.8. The summed E-state index contributed by atoms with van der Waals surface area (Å²) in [7, 11) is 0. The van der Waals surface area contributed by atoms with Gasteiger partial charge in [-0.1, -0.05) is 59.3 Å². The molecule has 0 saturated carbocycles. The summed E-state index contributed by atoms with van der Waals surface area (Å²) in [6.45, 7) is 4.34. The molecule has 4 N–H and O–H groups in total. The van der Waals surface area contributed by atoms with Gasteiger partial charge in [0.2, 0.25) is 11.8 Å². The van der Waals surface area contributed by atoms with Crippen LogP contribution in [0.3, 0.4) is 0 Å². The maximum Gasteiger partial charge on any atom is 0.407 e. The molecule has 0 spiro atoms. The van der Waals surface area contributed by atoms with Gasteiger partial charge in [-0.3, -0.25) is 9.59 Å². The third kappa shape index (κ3) is 11.1. The van der Waals surface area contributed by atoms with Crippen LogP contribution in [0.2, 0.25) is 0 Å². The van der Waals surface area contributed by atoms with E-state index in [1.807, 2.05) is 30.3 Å². The molecule has 0 saturated heterocycles. The lowest BCUT2D eigenvalue weighted by Gasteiger charge is -2.14. The number of primary amides is 1. The Morgan fingerprint density at radius 1 is 1.15 bits per heavy atom. The van der Waals surface area contributed by atoms with E-state index < -0.39 is 18.0 Å². The third-order valence-corrected chi connectivity index (χ3v) is 3.99. The van der Waals surface area contributed by atoms with Crippen molar-refractivity contribution in [1.82, 2.24) is 10.6 Å². The SMILES string of the molecule is C=C(Br)C[C@H](NC(=O)CCCCCNC(=O)OCc1ccccc1)C(N)=O. The fourth-order valence-electron chi connectivity index (χ4n) is 2.26. The molecule has 0 aromatic heterocycles. The van der Waals surface area contributed by atoms with Gasteiger partial charge >= 0.3 is 6.09 Å². The molecule has 1 atom stereocenters. The lowest BCUT2D eigenvalue weighted by Crippen LogP contribution is -2.44. The predicted molar refractivity (Wildman–Crippen MR) is 107 cm³/mol. The summed E-state index contributed by atoms with van der Waals surface area (Å²) in [5.74, 6) is -0.829. The van der Waals surface area contributed by atoms with Gasteiger partial charge in [0.15, 0.2) is 0 Å². The van der Waals surface area contributed by atoms with Gasteiger partial charge < -0.3 is 21.1 Å². The summed E-state index contributed by atoms with van der Waals surface area (Å²) < 4.78 is 5.70. The van der Waals surface area contributed by atoms with E-state index in [1.54, 1.807) is 0 Å². The second kappa shape index (κ2) is 12.9. The highest BCUT2D eigenvalue weighted by atomic mass is 79.9. The van der Waals surface area contributed by atoms with Crippen LogP contribution < -0.4 is 16.4 Å². The topological polar surface area (TPSA) is 111 Å². The predicted octanol–water partition coefficient (Wildman–Crippen LogP) is 2.74. The van der Waals surface area contributed by atoms with E-state index >= 15 is 0 Å². The fraction of sp³-hybridized carbons (Fsp3) is 0.421. The first-order valence-corrected chi connectivity index (χ1v) is 9.54. The number of hydrogen-bond donors (Lipinski definition) is 3. The molecule has 3 amide bonds. The minimum Gasteiger partial charge on any atom is -0.445 e. The van der Waals surface area contributed by atoms with Crippen molar-refractivity contribution in [3.63, 3.8) is 0 Å². The van der Waals surface area contributed by atoms with Crippen molar-refractivity contribution in [1.29, 1.82) is 0 Å². The van der Waals surface area contributed by atoms with Crippen molar-refractivity contribution < 1.29 is 19.1 Å². The van der Waals surface area contributed by atoms with Gasteiger partial charge in [0, 0.05) is 19.4 Å². The van der Waals surface area contributed by atoms with Gasteiger partial charge in [-0.15, -0.1) is 0 Å². The third-order valence-electron chi connectivity index (χ3n) is 3.67. The number of nitrogens with one attached hydrogen (secondary N) is 2. The molecule has 8 heteroatoms. The number of halogens is 1. The molecule has 0 heterocycles. The van der Waals surface area contributed by atoms with Crippen molar-refractivity contribution in [3.05, 3.63) is 47.0 Å². The highest BCUT2D eigenvalue weighted by molar-refractivity contribution is 9.11. The highest BCUT2D eigenvalue weighted by Crippen LogP contribution is 2.10. The van der Waals surface area contributed by atoms with E-state index in [2.05, 4.69) is 33.1 Å². The number of carbonyl (C=O) groups excluding carboxylic acids is 3. The van der Waals surface area contributed by atoms with Crippen LogP contribution in [-0.2, 0) is 20.9 Å². The summed E-state index contributed by atoms with van der Waals surface area (Å²) in [5.41, 5.74) is 6.18. The second-order valence-corrected chi connectivity index (χ2v) is 7.16. The summed E-state index contributed by atoms with van der Waals surface area (Å²) in [4.78, 5) is 34.7. The first-order valence-electron chi connectivity index (χ1n) is 8.75. The normalized spacial score (nSPS) is 11.3. The van der Waals surface area contributed by atoms with E-state index in [9.17, 15) is 14.4 Å². The van der Waals surface area contributed by atoms with E-state index in [1.165, 1.54) is 0 Å². The number of ether oxygens (including phenoxy) is 1. The van der Waals surface area contributed by atoms with Crippen LogP contribution in [0, 0.1) is 0 Å². The van der Waals surface area contributed by atoms with Crippen LogP contribution in [0.4, 0.5) is 4.79 Å². The lowest BCUT2D eigenvalue weighted by atomic mass is 10.1. The fourth-order valence-corrected chi connectivity index (χ4v) is 2.59. The number of hydrogen-bond acceptors (Lipinski definition) is 4. The molecule has 1 aromatic carbocycles. The van der Waals surface area contributed by atoms with Crippen molar-refractivity contribution >= 4 is 33.8 Å². The van der Waals surface area contributed by atoms with Gasteiger partial charge in [-0.05, 0) is 22.9 Å². The molecule has 148 valence electrons. The minimum atomic E-state index is -0.759. The number of unbranched alkanes of at least 4 members (excludes halogenated alkanes) is 2. The average Bonchev–Trinajstić information content (AvgIpc) is 2.62. The largest absolute Gasteiger partial charge is 0.445 e. The Morgan fingerprint density at radius 3 is 2.48 bits per heavy atom. The van der Waals surface area contributed by atoms with Crippen LogP contribution in [0.25, 0.3) is 0 Å². The minimum absolute atomic E-state index is 0.231. The zero-order valence-electron chi connectivity index (χ0n) is 15.2. The Kier molecular flexibility index (Phi) is 10.9. The zero-order chi connectivity index (χ0) is 20.1. The standard InChI is InChI=1S/C19H26BrN3O4/c1-14(20)12-16(18(21)25)23-17(24)10-6-3-7-11-22-19(26)27-13-15-8-4-2-5-9-15/h2,4-5,8-9,16H,1,3,6-7,10-13H2,(H2,21,25)(H,22,26)(H,23,24)/t16-/m0/s1. The molecule has 0 aliphatic rings. The number of rotatable bonds is 12. The van der Waals surface area contributed by atoms with E-state index in [0.29, 0.717) is 17.4 Å². The van der Waals surface area contributed by atoms with E-state index in [0.717, 1.165) is 18.4 Å². The van der Waals surface area contributed by atoms with Crippen molar-refractivity contribution in [3.8, 4) is 0 Å². The highest BCUT2D eigenvalue weighted by Gasteiger charge is 2.18. The number of nitrogens with two attached hydrogens (primary N) is 1. The molecule has 0 fully saturated rings. The molecule has 0 radical (unpaired) electrons. The summed E-state index contributed by atoms with van der Waals surface area (Å²) in [5, 5.41) is 5.27. The van der Waals surface area contributed by atoms with Crippen LogP contribution >= 0.6 is 15.9 Å². The molecular formula is C19H26BrN3O4. The van der Waals surface area contributed by atoms with E-state index in [4.69, 9.17) is 10.5 Å². The molecule has 0 aliphatic carbocycles. The molecule has 1 rings (SSSR count). The van der Waals surface area contributed by atoms with Crippen LogP contribution in [-0.4, -0.2) is 30.5 Å². The monoisotopic (exact) mass is 439 g/mol. The number of carbonyl (C=O) groups is 3. The first kappa shape index (κ1) is 22.7. The Bertz CT molecular complexity index is 637. The molecule has 0 bridgehead atoms. The molecular weight excluding hydrogens is 414 g/mol.